The van der Waals surface area contributed by atoms with Crippen molar-refractivity contribution in [3.63, 3.8) is 0 Å². The number of phenolic OH excluding ortho intramolecular Hbond substituents is 1. The SMILES string of the molecule is [CH2]C(C=C)c1cccc(O)c1CC. The van der Waals surface area contributed by atoms with E-state index < -0.39 is 0 Å². The standard InChI is InChI=1S/C12H15O/c1-4-9(3)11-7-6-8-12(13)10(11)5-2/h4,6-9,13H,1,3,5H2,2H3. The Bertz CT molecular complexity index is 302. The fraction of sp³-hybridized carbons (Fsp3) is 0.250. The van der Waals surface area contributed by atoms with Crippen molar-refractivity contribution >= 4 is 0 Å². The number of hydrogen-bond acceptors (Lipinski definition) is 1. The minimum atomic E-state index is 0.0575. The molecule has 0 saturated carbocycles. The molecule has 1 unspecified atom stereocenters. The Balaban J connectivity index is 3.19. The molecule has 0 heterocycles. The van der Waals surface area contributed by atoms with Crippen LogP contribution in [-0.4, -0.2) is 5.11 Å². The molecule has 1 radical (unpaired) electrons. The van der Waals surface area contributed by atoms with Gasteiger partial charge in [-0.2, -0.15) is 0 Å². The van der Waals surface area contributed by atoms with Crippen LogP contribution in [0, 0.1) is 6.92 Å². The van der Waals surface area contributed by atoms with Gasteiger partial charge in [0.15, 0.2) is 0 Å². The summed E-state index contributed by atoms with van der Waals surface area (Å²) in [5, 5.41) is 9.57. The Morgan fingerprint density at radius 1 is 1.54 bits per heavy atom. The summed E-state index contributed by atoms with van der Waals surface area (Å²) in [7, 11) is 0. The molecular weight excluding hydrogens is 160 g/mol. The Labute approximate surface area is 79.7 Å². The van der Waals surface area contributed by atoms with Crippen molar-refractivity contribution < 1.29 is 5.11 Å². The number of hydrogen-bond donors (Lipinski definition) is 1. The van der Waals surface area contributed by atoms with E-state index in [1.807, 2.05) is 19.1 Å². The largest absolute Gasteiger partial charge is 0.508 e. The van der Waals surface area contributed by atoms with Gasteiger partial charge in [-0.05, 0) is 30.5 Å². The van der Waals surface area contributed by atoms with E-state index >= 15 is 0 Å². The third-order valence-corrected chi connectivity index (χ3v) is 2.23. The molecule has 1 N–H and O–H groups in total. The average molecular weight is 175 g/mol. The Morgan fingerprint density at radius 3 is 2.77 bits per heavy atom. The number of allylic oxidation sites excluding steroid dienone is 1. The lowest BCUT2D eigenvalue weighted by atomic mass is 9.94. The molecule has 1 heteroatoms. The summed E-state index contributed by atoms with van der Waals surface area (Å²) in [6, 6.07) is 5.53. The maximum atomic E-state index is 9.57. The van der Waals surface area contributed by atoms with Crippen molar-refractivity contribution in [1.29, 1.82) is 0 Å². The van der Waals surface area contributed by atoms with Gasteiger partial charge >= 0.3 is 0 Å². The Morgan fingerprint density at radius 2 is 2.23 bits per heavy atom. The van der Waals surface area contributed by atoms with Gasteiger partial charge in [0.05, 0.1) is 0 Å². The molecule has 0 spiro atoms. The molecule has 0 aliphatic heterocycles. The molecule has 0 aromatic heterocycles. The highest BCUT2D eigenvalue weighted by Crippen LogP contribution is 2.27. The van der Waals surface area contributed by atoms with Gasteiger partial charge in [-0.25, -0.2) is 0 Å². The summed E-state index contributed by atoms with van der Waals surface area (Å²) < 4.78 is 0. The number of rotatable bonds is 3. The molecule has 13 heavy (non-hydrogen) atoms. The zero-order chi connectivity index (χ0) is 9.84. The number of phenols is 1. The van der Waals surface area contributed by atoms with Crippen LogP contribution in [0.2, 0.25) is 0 Å². The smallest absolute Gasteiger partial charge is 0.119 e. The molecule has 1 atom stereocenters. The molecule has 0 fully saturated rings. The van der Waals surface area contributed by atoms with E-state index in [1.54, 1.807) is 12.1 Å². The normalized spacial score (nSPS) is 12.5. The van der Waals surface area contributed by atoms with Crippen molar-refractivity contribution in [3.8, 4) is 5.75 Å². The van der Waals surface area contributed by atoms with Crippen LogP contribution in [0.1, 0.15) is 24.0 Å². The quantitative estimate of drug-likeness (QED) is 0.700. The minimum Gasteiger partial charge on any atom is -0.508 e. The van der Waals surface area contributed by atoms with Crippen LogP contribution in [0.5, 0.6) is 5.75 Å². The highest BCUT2D eigenvalue weighted by molar-refractivity contribution is 5.42. The predicted octanol–water partition coefficient (Wildman–Crippen LogP) is 3.06. The van der Waals surface area contributed by atoms with Crippen LogP contribution < -0.4 is 0 Å². The molecule has 1 nitrogen and oxygen atoms in total. The molecule has 0 aliphatic rings. The van der Waals surface area contributed by atoms with Gasteiger partial charge in [-0.1, -0.05) is 25.1 Å². The topological polar surface area (TPSA) is 20.2 Å². The van der Waals surface area contributed by atoms with Crippen LogP contribution in [0.4, 0.5) is 0 Å². The monoisotopic (exact) mass is 175 g/mol. The van der Waals surface area contributed by atoms with E-state index in [9.17, 15) is 5.11 Å². The van der Waals surface area contributed by atoms with Gasteiger partial charge in [0.25, 0.3) is 0 Å². The lowest BCUT2D eigenvalue weighted by molar-refractivity contribution is 0.467. The van der Waals surface area contributed by atoms with Gasteiger partial charge in [0.1, 0.15) is 5.75 Å². The molecule has 1 aromatic carbocycles. The maximum absolute atomic E-state index is 9.57. The molecule has 0 amide bonds. The fourth-order valence-electron chi connectivity index (χ4n) is 1.45. The number of aromatic hydroxyl groups is 1. The first-order chi connectivity index (χ1) is 6.20. The zero-order valence-corrected chi connectivity index (χ0v) is 7.96. The summed E-state index contributed by atoms with van der Waals surface area (Å²) in [5.74, 6) is 0.414. The Hall–Kier alpha value is -1.24. The molecule has 0 aliphatic carbocycles. The first-order valence-corrected chi connectivity index (χ1v) is 4.47. The van der Waals surface area contributed by atoms with E-state index in [0.717, 1.165) is 17.5 Å². The third-order valence-electron chi connectivity index (χ3n) is 2.23. The third kappa shape index (κ3) is 1.92. The van der Waals surface area contributed by atoms with E-state index in [-0.39, 0.29) is 5.92 Å². The van der Waals surface area contributed by atoms with Crippen molar-refractivity contribution in [2.75, 3.05) is 0 Å². The molecule has 0 bridgehead atoms. The first-order valence-electron chi connectivity index (χ1n) is 4.47. The van der Waals surface area contributed by atoms with Crippen molar-refractivity contribution in [2.45, 2.75) is 19.3 Å². The summed E-state index contributed by atoms with van der Waals surface area (Å²) in [5.41, 5.74) is 2.04. The maximum Gasteiger partial charge on any atom is 0.119 e. The van der Waals surface area contributed by atoms with Gasteiger partial charge in [-0.15, -0.1) is 6.58 Å². The zero-order valence-electron chi connectivity index (χ0n) is 7.96. The lowest BCUT2D eigenvalue weighted by Gasteiger charge is -2.12. The second-order valence-electron chi connectivity index (χ2n) is 3.04. The van der Waals surface area contributed by atoms with Crippen LogP contribution >= 0.6 is 0 Å². The molecule has 69 valence electrons. The van der Waals surface area contributed by atoms with E-state index in [1.165, 1.54) is 0 Å². The number of benzene rings is 1. The predicted molar refractivity (Wildman–Crippen MR) is 55.8 cm³/mol. The van der Waals surface area contributed by atoms with Gasteiger partial charge < -0.3 is 5.11 Å². The second-order valence-corrected chi connectivity index (χ2v) is 3.04. The van der Waals surface area contributed by atoms with Crippen LogP contribution in [0.15, 0.2) is 30.9 Å². The summed E-state index contributed by atoms with van der Waals surface area (Å²) >= 11 is 0. The summed E-state index contributed by atoms with van der Waals surface area (Å²) in [4.78, 5) is 0. The Kier molecular flexibility index (Phi) is 3.13. The molecular formula is C12H15O. The van der Waals surface area contributed by atoms with Crippen molar-refractivity contribution in [3.05, 3.63) is 48.9 Å². The van der Waals surface area contributed by atoms with Crippen LogP contribution in [-0.2, 0) is 6.42 Å². The van der Waals surface area contributed by atoms with Crippen LogP contribution in [0.3, 0.4) is 0 Å². The molecule has 0 saturated heterocycles. The average Bonchev–Trinajstić information content (AvgIpc) is 2.16. The van der Waals surface area contributed by atoms with E-state index in [2.05, 4.69) is 13.5 Å². The van der Waals surface area contributed by atoms with Crippen molar-refractivity contribution in [1.82, 2.24) is 0 Å². The van der Waals surface area contributed by atoms with E-state index in [4.69, 9.17) is 0 Å². The van der Waals surface area contributed by atoms with Crippen LogP contribution in [0.25, 0.3) is 0 Å². The second kappa shape index (κ2) is 4.13. The van der Waals surface area contributed by atoms with Gasteiger partial charge in [0, 0.05) is 5.92 Å². The summed E-state index contributed by atoms with van der Waals surface area (Å²) in [6.45, 7) is 9.67. The highest BCUT2D eigenvalue weighted by Gasteiger charge is 2.09. The first kappa shape index (κ1) is 9.85. The van der Waals surface area contributed by atoms with Gasteiger partial charge in [0.2, 0.25) is 0 Å². The lowest BCUT2D eigenvalue weighted by Crippen LogP contribution is -1.96. The summed E-state index contributed by atoms with van der Waals surface area (Å²) in [6.07, 6.45) is 2.61. The molecule has 1 aromatic rings. The highest BCUT2D eigenvalue weighted by atomic mass is 16.3. The van der Waals surface area contributed by atoms with Gasteiger partial charge in [-0.3, -0.25) is 0 Å². The van der Waals surface area contributed by atoms with Crippen molar-refractivity contribution in [2.24, 2.45) is 0 Å². The van der Waals surface area contributed by atoms with E-state index in [0.29, 0.717) is 5.75 Å². The minimum absolute atomic E-state index is 0.0575. The fourth-order valence-corrected chi connectivity index (χ4v) is 1.45. The molecule has 1 rings (SSSR count).